The van der Waals surface area contributed by atoms with Gasteiger partial charge in [-0.2, -0.15) is 5.10 Å². The number of amides is 1. The maximum Gasteiger partial charge on any atom is 0.255 e. The lowest BCUT2D eigenvalue weighted by Crippen LogP contribution is -2.32. The van der Waals surface area contributed by atoms with E-state index in [1.54, 1.807) is 11.0 Å². The average molecular weight is 399 g/mol. The lowest BCUT2D eigenvalue weighted by molar-refractivity contribution is -0.122. The fourth-order valence-electron chi connectivity index (χ4n) is 4.45. The summed E-state index contributed by atoms with van der Waals surface area (Å²) in [5.74, 6) is 0.505. The number of rotatable bonds is 2. The van der Waals surface area contributed by atoms with Gasteiger partial charge in [-0.15, -0.1) is 0 Å². The highest BCUT2D eigenvalue weighted by atomic mass is 16.2. The number of aryl methyl sites for hydroxylation is 1. The predicted octanol–water partition coefficient (Wildman–Crippen LogP) is 4.03. The second-order valence-electron chi connectivity index (χ2n) is 8.37. The van der Waals surface area contributed by atoms with E-state index in [4.69, 9.17) is 0 Å². The van der Waals surface area contributed by atoms with Crippen LogP contribution in [-0.4, -0.2) is 45.6 Å². The molecule has 0 N–H and O–H groups in total. The Morgan fingerprint density at radius 1 is 1.07 bits per heavy atom. The van der Waals surface area contributed by atoms with Gasteiger partial charge in [0.15, 0.2) is 0 Å². The number of fused-ring (bicyclic) bond motifs is 2. The predicted molar refractivity (Wildman–Crippen MR) is 120 cm³/mol. The van der Waals surface area contributed by atoms with Crippen molar-refractivity contribution in [2.45, 2.75) is 12.8 Å². The smallest absolute Gasteiger partial charge is 0.255 e. The molecule has 0 atom stereocenters. The minimum Gasteiger partial charge on any atom is -0.306 e. The van der Waals surface area contributed by atoms with Crippen molar-refractivity contribution in [3.8, 4) is 0 Å². The van der Waals surface area contributed by atoms with Crippen molar-refractivity contribution in [1.29, 1.82) is 0 Å². The lowest BCUT2D eigenvalue weighted by atomic mass is 9.88. The first-order valence-corrected chi connectivity index (χ1v) is 10.5. The summed E-state index contributed by atoms with van der Waals surface area (Å²) >= 11 is 0. The van der Waals surface area contributed by atoms with Crippen LogP contribution in [0.2, 0.25) is 0 Å². The molecule has 1 saturated heterocycles. The molecule has 1 fully saturated rings. The number of benzene rings is 1. The summed E-state index contributed by atoms with van der Waals surface area (Å²) in [7, 11) is 4.09. The van der Waals surface area contributed by atoms with Crippen molar-refractivity contribution in [1.82, 2.24) is 19.6 Å². The van der Waals surface area contributed by atoms with Crippen molar-refractivity contribution in [2.24, 2.45) is 13.0 Å². The Morgan fingerprint density at radius 3 is 2.73 bits per heavy atom. The Hall–Kier alpha value is -3.18. The number of hydrogen-bond donors (Lipinski definition) is 0. The molecule has 3 aliphatic rings. The van der Waals surface area contributed by atoms with Crippen LogP contribution in [-0.2, 0) is 11.8 Å². The van der Waals surface area contributed by atoms with E-state index in [0.29, 0.717) is 5.92 Å². The van der Waals surface area contributed by atoms with Crippen LogP contribution in [0.4, 0.5) is 0 Å². The van der Waals surface area contributed by atoms with Gasteiger partial charge in [0, 0.05) is 36.6 Å². The van der Waals surface area contributed by atoms with Gasteiger partial charge in [-0.05, 0) is 79.9 Å². The lowest BCUT2D eigenvalue weighted by Gasteiger charge is -2.32. The highest BCUT2D eigenvalue weighted by Gasteiger charge is 2.24. The average Bonchev–Trinajstić information content (AvgIpc) is 3.11. The normalized spacial score (nSPS) is 25.1. The van der Waals surface area contributed by atoms with E-state index < -0.39 is 0 Å². The molecule has 5 rings (SSSR count). The van der Waals surface area contributed by atoms with Crippen molar-refractivity contribution in [3.05, 3.63) is 83.9 Å². The van der Waals surface area contributed by atoms with Gasteiger partial charge in [0.05, 0.1) is 5.52 Å². The molecular weight excluding hydrogens is 372 g/mol. The summed E-state index contributed by atoms with van der Waals surface area (Å²) in [5.41, 5.74) is 5.04. The number of carbonyl (C=O) groups is 1. The Morgan fingerprint density at radius 2 is 1.90 bits per heavy atom. The maximum atomic E-state index is 13.2. The number of piperidine rings is 1. The topological polar surface area (TPSA) is 41.4 Å². The Kier molecular flexibility index (Phi) is 4.75. The fraction of sp³-hybridized carbons (Fsp3) is 0.280. The molecule has 1 aromatic carbocycles. The number of likely N-dealkylation sites (tertiary alicyclic amines) is 1. The first-order valence-electron chi connectivity index (χ1n) is 10.5. The van der Waals surface area contributed by atoms with E-state index in [1.165, 1.54) is 5.57 Å². The molecular formula is C25H26N4O. The van der Waals surface area contributed by atoms with Gasteiger partial charge in [-0.1, -0.05) is 24.3 Å². The highest BCUT2D eigenvalue weighted by molar-refractivity contribution is 6.00. The van der Waals surface area contributed by atoms with Crippen LogP contribution in [0.15, 0.2) is 78.3 Å². The van der Waals surface area contributed by atoms with Crippen molar-refractivity contribution < 1.29 is 4.79 Å². The summed E-state index contributed by atoms with van der Waals surface area (Å²) in [4.78, 5) is 17.4. The van der Waals surface area contributed by atoms with Crippen LogP contribution in [0.1, 0.15) is 18.4 Å². The van der Waals surface area contributed by atoms with Gasteiger partial charge < -0.3 is 4.90 Å². The Balaban J connectivity index is 1.46. The number of hydrogen-bond acceptors (Lipinski definition) is 3. The van der Waals surface area contributed by atoms with Crippen LogP contribution in [0.5, 0.6) is 0 Å². The molecule has 1 amide bonds. The summed E-state index contributed by atoms with van der Waals surface area (Å²) in [6.45, 7) is 2.21. The molecule has 4 heterocycles. The third-order valence-electron chi connectivity index (χ3n) is 6.20. The van der Waals surface area contributed by atoms with Gasteiger partial charge in [0.1, 0.15) is 0 Å². The van der Waals surface area contributed by atoms with Gasteiger partial charge in [-0.3, -0.25) is 14.4 Å². The molecule has 5 heteroatoms. The van der Waals surface area contributed by atoms with Crippen LogP contribution < -0.4 is 0 Å². The summed E-state index contributed by atoms with van der Waals surface area (Å²) in [5, 5.41) is 5.51. The summed E-state index contributed by atoms with van der Waals surface area (Å²) in [6, 6.07) is 6.13. The minimum absolute atomic E-state index is 0.0124. The minimum atomic E-state index is -0.0124. The molecule has 3 aliphatic heterocycles. The van der Waals surface area contributed by atoms with E-state index in [9.17, 15) is 4.79 Å². The largest absolute Gasteiger partial charge is 0.306 e. The van der Waals surface area contributed by atoms with Gasteiger partial charge >= 0.3 is 0 Å². The molecule has 152 valence electrons. The monoisotopic (exact) mass is 398 g/mol. The maximum absolute atomic E-state index is 13.2. The quantitative estimate of drug-likeness (QED) is 0.767. The van der Waals surface area contributed by atoms with Crippen LogP contribution in [0, 0.1) is 5.92 Å². The van der Waals surface area contributed by atoms with E-state index in [-0.39, 0.29) is 5.91 Å². The second-order valence-corrected chi connectivity index (χ2v) is 8.37. The number of allylic oxidation sites excluding steroid dienone is 7. The number of aromatic nitrogens is 2. The molecule has 0 radical (unpaired) electrons. The zero-order valence-electron chi connectivity index (χ0n) is 17.5. The van der Waals surface area contributed by atoms with E-state index >= 15 is 0 Å². The third kappa shape index (κ3) is 3.57. The molecule has 0 saturated carbocycles. The van der Waals surface area contributed by atoms with Crippen molar-refractivity contribution >= 4 is 22.4 Å². The van der Waals surface area contributed by atoms with Gasteiger partial charge in [-0.25, -0.2) is 0 Å². The molecule has 2 aromatic rings. The first kappa shape index (κ1) is 18.8. The summed E-state index contributed by atoms with van der Waals surface area (Å²) < 4.78 is 1.81. The van der Waals surface area contributed by atoms with Crippen LogP contribution >= 0.6 is 0 Å². The van der Waals surface area contributed by atoms with Crippen LogP contribution in [0.3, 0.4) is 0 Å². The molecule has 30 heavy (non-hydrogen) atoms. The zero-order valence-corrected chi connectivity index (χ0v) is 17.5. The molecule has 5 nitrogen and oxygen atoms in total. The highest BCUT2D eigenvalue weighted by Crippen LogP contribution is 2.31. The molecule has 0 spiro atoms. The second kappa shape index (κ2) is 7.58. The number of carbonyl (C=O) groups excluding carboxylic acids is 1. The molecule has 0 aliphatic carbocycles. The molecule has 0 bridgehead atoms. The third-order valence-corrected chi connectivity index (χ3v) is 6.20. The molecule has 0 unspecified atom stereocenters. The Labute approximate surface area is 177 Å². The summed E-state index contributed by atoms with van der Waals surface area (Å²) in [6.07, 6.45) is 18.3. The van der Waals surface area contributed by atoms with E-state index in [2.05, 4.69) is 35.3 Å². The van der Waals surface area contributed by atoms with Gasteiger partial charge in [0.2, 0.25) is 0 Å². The first-order chi connectivity index (χ1) is 14.6. The standard InChI is InChI=1S/C25H26N4O/c1-27-12-10-18(11-13-27)21-6-8-23-5-3-4-19(15-25(30)29(23)17-21)20-7-9-24-22(14-20)16-28(2)26-24/h3-9,14-18H,10-13H2,1-2H3/b4-3+,19-15+,23-5+. The number of nitrogens with zero attached hydrogens (tertiary/aromatic N) is 4. The van der Waals surface area contributed by atoms with Gasteiger partial charge in [0.25, 0.3) is 5.91 Å². The zero-order chi connectivity index (χ0) is 20.7. The fourth-order valence-corrected chi connectivity index (χ4v) is 4.45. The molecule has 1 aromatic heterocycles. The van der Waals surface area contributed by atoms with E-state index in [1.807, 2.05) is 54.5 Å². The van der Waals surface area contributed by atoms with Crippen molar-refractivity contribution in [3.63, 3.8) is 0 Å². The van der Waals surface area contributed by atoms with Crippen molar-refractivity contribution in [2.75, 3.05) is 20.1 Å². The van der Waals surface area contributed by atoms with Crippen LogP contribution in [0.25, 0.3) is 16.5 Å². The van der Waals surface area contributed by atoms with E-state index in [0.717, 1.165) is 53.7 Å². The SMILES string of the molecule is CN1CCC(C2=CN3C(=O)\C=C(c4ccc5nn(C)cc5c4)/C=C/C=C/3C=C2)CC1. The Bertz CT molecular complexity index is 1150.